The van der Waals surface area contributed by atoms with E-state index in [2.05, 4.69) is 20.5 Å². The number of hydrogen-bond donors (Lipinski definition) is 2. The molecule has 0 spiro atoms. The molecule has 30 heavy (non-hydrogen) atoms. The molecule has 0 aromatic heterocycles. The largest absolute Gasteiger partial charge is 0.321 e. The third-order valence-corrected chi connectivity index (χ3v) is 5.54. The fourth-order valence-electron chi connectivity index (χ4n) is 4.00. The van der Waals surface area contributed by atoms with E-state index in [9.17, 15) is 14.4 Å². The van der Waals surface area contributed by atoms with Crippen molar-refractivity contribution in [3.05, 3.63) is 69.1 Å². The van der Waals surface area contributed by atoms with E-state index in [1.807, 2.05) is 14.1 Å². The molecule has 0 unspecified atom stereocenters. The fourth-order valence-corrected chi connectivity index (χ4v) is 4.00. The molecule has 0 bridgehead atoms. The zero-order valence-electron chi connectivity index (χ0n) is 17.3. The molecule has 7 heteroatoms. The number of nitrogens with zero attached hydrogens (tertiary/aromatic N) is 2. The number of ketones is 2. The van der Waals surface area contributed by atoms with Gasteiger partial charge < -0.3 is 15.5 Å². The van der Waals surface area contributed by atoms with Crippen LogP contribution in [-0.4, -0.2) is 62.8 Å². The predicted molar refractivity (Wildman–Crippen MR) is 115 cm³/mol. The van der Waals surface area contributed by atoms with Gasteiger partial charge in [0.15, 0.2) is 11.6 Å². The van der Waals surface area contributed by atoms with Crippen molar-refractivity contribution in [3.63, 3.8) is 0 Å². The maximum atomic E-state index is 12.6. The summed E-state index contributed by atoms with van der Waals surface area (Å²) in [6.07, 6.45) is 9.40. The number of nitrogens with one attached hydrogen (secondary N) is 2. The van der Waals surface area contributed by atoms with Gasteiger partial charge >= 0.3 is 0 Å². The quantitative estimate of drug-likeness (QED) is 0.664. The Morgan fingerprint density at radius 2 is 1.67 bits per heavy atom. The molecule has 0 atom stereocenters. The second-order valence-corrected chi connectivity index (χ2v) is 7.82. The average molecular weight is 404 g/mol. The molecule has 4 aliphatic rings. The first kappa shape index (κ1) is 20.1. The summed E-state index contributed by atoms with van der Waals surface area (Å²) in [6.45, 7) is 1.41. The Balaban J connectivity index is 1.81. The van der Waals surface area contributed by atoms with Crippen molar-refractivity contribution in [1.29, 1.82) is 0 Å². The van der Waals surface area contributed by atoms with Crippen LogP contribution >= 0.6 is 0 Å². The lowest BCUT2D eigenvalue weighted by atomic mass is 9.85. The van der Waals surface area contributed by atoms with Crippen LogP contribution in [0.2, 0.25) is 0 Å². The van der Waals surface area contributed by atoms with Crippen LogP contribution in [0.15, 0.2) is 74.1 Å². The summed E-state index contributed by atoms with van der Waals surface area (Å²) < 4.78 is 0. The van der Waals surface area contributed by atoms with E-state index < -0.39 is 0 Å². The van der Waals surface area contributed by atoms with Gasteiger partial charge in [-0.15, -0.1) is 0 Å². The summed E-state index contributed by atoms with van der Waals surface area (Å²) in [4.78, 5) is 44.4. The van der Waals surface area contributed by atoms with Crippen LogP contribution < -0.4 is 10.6 Å². The first-order valence-corrected chi connectivity index (χ1v) is 9.98. The van der Waals surface area contributed by atoms with Gasteiger partial charge in [0.2, 0.25) is 0 Å². The Morgan fingerprint density at radius 1 is 0.967 bits per heavy atom. The molecule has 2 aliphatic heterocycles. The zero-order valence-corrected chi connectivity index (χ0v) is 17.3. The van der Waals surface area contributed by atoms with E-state index in [-0.39, 0.29) is 17.5 Å². The summed E-state index contributed by atoms with van der Waals surface area (Å²) in [6, 6.07) is 0. The van der Waals surface area contributed by atoms with Gasteiger partial charge in [-0.05, 0) is 70.4 Å². The minimum absolute atomic E-state index is 0.0672. The maximum absolute atomic E-state index is 12.6. The summed E-state index contributed by atoms with van der Waals surface area (Å²) in [5.74, 6) is -0.497. The van der Waals surface area contributed by atoms with Crippen molar-refractivity contribution in [3.8, 4) is 0 Å². The number of allylic oxidation sites excluding steroid dienone is 8. The number of rotatable bonds is 7. The lowest BCUT2D eigenvalue weighted by molar-refractivity contribution is -0.116. The molecule has 0 saturated carbocycles. The molecule has 1 amide bonds. The highest BCUT2D eigenvalue weighted by Gasteiger charge is 2.36. The summed E-state index contributed by atoms with van der Waals surface area (Å²) in [7, 11) is 5.78. The van der Waals surface area contributed by atoms with Crippen molar-refractivity contribution in [2.45, 2.75) is 12.8 Å². The molecule has 0 aromatic carbocycles. The molecule has 4 rings (SSSR count). The monoisotopic (exact) mass is 404 g/mol. The Kier molecular flexibility index (Phi) is 5.32. The molecule has 7 nitrogen and oxygen atoms in total. The molecular weight excluding hydrogens is 380 g/mol. The topological polar surface area (TPSA) is 90.9 Å². The molecule has 2 N–H and O–H groups in total. The van der Waals surface area contributed by atoms with E-state index in [0.717, 1.165) is 24.1 Å². The van der Waals surface area contributed by atoms with E-state index >= 15 is 0 Å². The van der Waals surface area contributed by atoms with Crippen LogP contribution in [0.4, 0.5) is 0 Å². The summed E-state index contributed by atoms with van der Waals surface area (Å²) in [5, 5.41) is 5.89. The van der Waals surface area contributed by atoms with Crippen molar-refractivity contribution >= 4 is 23.7 Å². The van der Waals surface area contributed by atoms with Gasteiger partial charge in [0.25, 0.3) is 5.91 Å². The van der Waals surface area contributed by atoms with Crippen molar-refractivity contribution in [2.24, 2.45) is 4.99 Å². The molecule has 0 fully saturated rings. The number of hydrogen-bond acceptors (Lipinski definition) is 6. The molecule has 154 valence electrons. The standard InChI is InChI=1S/C23H24N4O3/c1-24-10-8-16-20-18(29)7-5-15(22(20)26-23(16)30)14-4-6-17(28)19-13(9-11-27(2)3)12-25-21(14)19/h4-7,12,24H,8-11H2,1-3H3,(H,26,30). The lowest BCUT2D eigenvalue weighted by Gasteiger charge is -2.19. The van der Waals surface area contributed by atoms with Crippen LogP contribution in [0.1, 0.15) is 12.8 Å². The third kappa shape index (κ3) is 3.36. The first-order valence-electron chi connectivity index (χ1n) is 9.98. The minimum Gasteiger partial charge on any atom is -0.321 e. The molecule has 0 radical (unpaired) electrons. The van der Waals surface area contributed by atoms with Crippen LogP contribution in [0.5, 0.6) is 0 Å². The van der Waals surface area contributed by atoms with E-state index in [0.29, 0.717) is 46.7 Å². The number of fused-ring (bicyclic) bond motifs is 2. The molecule has 0 saturated heterocycles. The Bertz CT molecular complexity index is 1080. The third-order valence-electron chi connectivity index (χ3n) is 5.54. The number of aliphatic imine (C=N–C) groups is 1. The zero-order chi connectivity index (χ0) is 21.4. The lowest BCUT2D eigenvalue weighted by Crippen LogP contribution is -2.21. The van der Waals surface area contributed by atoms with E-state index in [4.69, 9.17) is 0 Å². The molecule has 2 aliphatic carbocycles. The van der Waals surface area contributed by atoms with E-state index in [1.54, 1.807) is 31.5 Å². The number of amides is 1. The normalized spacial score (nSPS) is 20.3. The minimum atomic E-state index is -0.247. The summed E-state index contributed by atoms with van der Waals surface area (Å²) >= 11 is 0. The van der Waals surface area contributed by atoms with Crippen molar-refractivity contribution < 1.29 is 14.4 Å². The van der Waals surface area contributed by atoms with Crippen LogP contribution in [-0.2, 0) is 14.4 Å². The number of carbonyl (C=O) groups is 3. The second kappa shape index (κ2) is 7.93. The highest BCUT2D eigenvalue weighted by Crippen LogP contribution is 2.39. The highest BCUT2D eigenvalue weighted by atomic mass is 16.2. The maximum Gasteiger partial charge on any atom is 0.252 e. The van der Waals surface area contributed by atoms with Crippen LogP contribution in [0.25, 0.3) is 0 Å². The molecule has 2 heterocycles. The predicted octanol–water partition coefficient (Wildman–Crippen LogP) is 1.14. The smallest absolute Gasteiger partial charge is 0.252 e. The van der Waals surface area contributed by atoms with Crippen molar-refractivity contribution in [1.82, 2.24) is 15.5 Å². The van der Waals surface area contributed by atoms with Gasteiger partial charge in [-0.1, -0.05) is 0 Å². The Labute approximate surface area is 175 Å². The summed E-state index contributed by atoms with van der Waals surface area (Å²) in [5.41, 5.74) is 5.00. The number of carbonyl (C=O) groups excluding carboxylic acids is 3. The van der Waals surface area contributed by atoms with Crippen molar-refractivity contribution in [2.75, 3.05) is 34.2 Å². The van der Waals surface area contributed by atoms with E-state index in [1.165, 1.54) is 6.08 Å². The molecule has 0 aromatic rings. The van der Waals surface area contributed by atoms with Gasteiger partial charge in [-0.3, -0.25) is 19.4 Å². The Morgan fingerprint density at radius 3 is 2.37 bits per heavy atom. The highest BCUT2D eigenvalue weighted by molar-refractivity contribution is 6.20. The second-order valence-electron chi connectivity index (χ2n) is 7.82. The molecular formula is C23H24N4O3. The van der Waals surface area contributed by atoms with Gasteiger partial charge in [0.1, 0.15) is 0 Å². The van der Waals surface area contributed by atoms with Gasteiger partial charge in [-0.25, -0.2) is 0 Å². The SMILES string of the molecule is CNCCC1=C2C(=O)C=CC(C3=C4N=CC(CCN(C)C)=C4C(=O)C=C3)=C2NC1=O. The van der Waals surface area contributed by atoms with Gasteiger partial charge in [-0.2, -0.15) is 0 Å². The Hall–Kier alpha value is -3.16. The van der Waals surface area contributed by atoms with Crippen LogP contribution in [0.3, 0.4) is 0 Å². The fraction of sp³-hybridized carbons (Fsp3) is 0.304. The first-order chi connectivity index (χ1) is 14.4. The van der Waals surface area contributed by atoms with Gasteiger partial charge in [0, 0.05) is 29.5 Å². The van der Waals surface area contributed by atoms with Crippen LogP contribution in [0, 0.1) is 0 Å². The van der Waals surface area contributed by atoms with Gasteiger partial charge in [0.05, 0.1) is 22.5 Å². The average Bonchev–Trinajstić information content (AvgIpc) is 3.28.